The fourth-order valence-corrected chi connectivity index (χ4v) is 8.84. The Balaban J connectivity index is 1.29. The maximum absolute atomic E-state index is 12.2. The Hall–Kier alpha value is -2.14. The summed E-state index contributed by atoms with van der Waals surface area (Å²) < 4.78 is 0. The molecule has 6 rings (SSSR count). The van der Waals surface area contributed by atoms with Crippen molar-refractivity contribution in [3.05, 3.63) is 41.5 Å². The molecule has 5 heteroatoms. The number of aliphatic hydroxyl groups is 1. The maximum Gasteiger partial charge on any atom is 0.219 e. The van der Waals surface area contributed by atoms with Crippen LogP contribution >= 0.6 is 0 Å². The molecular formula is C30H40N2O3. The largest absolute Gasteiger partial charge is 0.393 e. The Morgan fingerprint density at radius 2 is 1.71 bits per heavy atom. The lowest BCUT2D eigenvalue weighted by Gasteiger charge is -2.57. The number of hydrogen-bond donors (Lipinski definition) is 1. The van der Waals surface area contributed by atoms with Crippen LogP contribution in [0.2, 0.25) is 0 Å². The van der Waals surface area contributed by atoms with E-state index < -0.39 is 0 Å². The van der Waals surface area contributed by atoms with Crippen molar-refractivity contribution >= 4 is 17.4 Å². The first-order valence-corrected chi connectivity index (χ1v) is 13.9. The molecule has 4 fully saturated rings. The van der Waals surface area contributed by atoms with Gasteiger partial charge in [-0.2, -0.15) is 0 Å². The molecule has 5 aliphatic rings. The number of ketones is 1. The number of fused-ring (bicyclic) bond motifs is 5. The number of carbonyl (C=O) groups is 2. The third kappa shape index (κ3) is 3.85. The minimum absolute atomic E-state index is 0.000767. The summed E-state index contributed by atoms with van der Waals surface area (Å²) in [6.45, 7) is 7.35. The maximum atomic E-state index is 12.2. The Morgan fingerprint density at radius 3 is 2.43 bits per heavy atom. The van der Waals surface area contributed by atoms with Gasteiger partial charge >= 0.3 is 0 Å². The van der Waals surface area contributed by atoms with Crippen molar-refractivity contribution in [2.24, 2.45) is 29.1 Å². The average molecular weight is 477 g/mol. The second-order valence-electron chi connectivity index (χ2n) is 12.2. The van der Waals surface area contributed by atoms with Gasteiger partial charge in [-0.1, -0.05) is 24.6 Å². The van der Waals surface area contributed by atoms with Gasteiger partial charge in [0.1, 0.15) is 0 Å². The van der Waals surface area contributed by atoms with Crippen molar-refractivity contribution in [2.45, 2.75) is 70.8 Å². The Labute approximate surface area is 209 Å². The minimum Gasteiger partial charge on any atom is -0.393 e. The van der Waals surface area contributed by atoms with Crippen molar-refractivity contribution < 1.29 is 14.7 Å². The first-order chi connectivity index (χ1) is 16.8. The molecule has 1 aromatic rings. The molecule has 7 atom stereocenters. The Kier molecular flexibility index (Phi) is 5.82. The van der Waals surface area contributed by atoms with Gasteiger partial charge in [0.15, 0.2) is 5.78 Å². The summed E-state index contributed by atoms with van der Waals surface area (Å²) in [6.07, 6.45) is 8.87. The first kappa shape index (κ1) is 23.3. The lowest BCUT2D eigenvalue weighted by atomic mass is 9.48. The second kappa shape index (κ2) is 8.76. The molecule has 188 valence electrons. The quantitative estimate of drug-likeness (QED) is 0.680. The first-order valence-electron chi connectivity index (χ1n) is 13.9. The second-order valence-corrected chi connectivity index (χ2v) is 12.2. The van der Waals surface area contributed by atoms with E-state index in [-0.39, 0.29) is 17.4 Å². The molecule has 1 saturated heterocycles. The average Bonchev–Trinajstić information content (AvgIpc) is 3.17. The number of benzene rings is 1. The molecule has 3 saturated carbocycles. The molecule has 4 aliphatic carbocycles. The highest BCUT2D eigenvalue weighted by molar-refractivity contribution is 5.91. The fraction of sp³-hybridized carbons (Fsp3) is 0.667. The number of amides is 1. The van der Waals surface area contributed by atoms with Crippen LogP contribution in [0.15, 0.2) is 35.9 Å². The van der Waals surface area contributed by atoms with E-state index in [4.69, 9.17) is 0 Å². The third-order valence-corrected chi connectivity index (χ3v) is 10.7. The molecule has 1 aliphatic heterocycles. The molecule has 5 nitrogen and oxygen atoms in total. The van der Waals surface area contributed by atoms with E-state index in [2.05, 4.69) is 36.1 Å². The topological polar surface area (TPSA) is 60.9 Å². The van der Waals surface area contributed by atoms with Crippen LogP contribution in [-0.4, -0.2) is 54.0 Å². The lowest BCUT2D eigenvalue weighted by Crippen LogP contribution is -2.51. The number of carbonyl (C=O) groups excluding carboxylic acids is 2. The molecule has 1 aromatic carbocycles. The van der Waals surface area contributed by atoms with Crippen LogP contribution in [0, 0.1) is 29.1 Å². The normalized spacial score (nSPS) is 38.9. The third-order valence-electron chi connectivity index (χ3n) is 10.7. The molecule has 0 radical (unpaired) electrons. The zero-order chi connectivity index (χ0) is 24.3. The molecule has 0 spiro atoms. The van der Waals surface area contributed by atoms with Gasteiger partial charge in [-0.25, -0.2) is 0 Å². The van der Waals surface area contributed by atoms with Gasteiger partial charge in [-0.05, 0) is 97.3 Å². The van der Waals surface area contributed by atoms with Crippen molar-refractivity contribution in [3.8, 4) is 0 Å². The van der Waals surface area contributed by atoms with Crippen molar-refractivity contribution in [1.82, 2.24) is 4.90 Å². The predicted molar refractivity (Wildman–Crippen MR) is 137 cm³/mol. The van der Waals surface area contributed by atoms with Crippen LogP contribution in [0.4, 0.5) is 5.69 Å². The number of hydrogen-bond acceptors (Lipinski definition) is 4. The summed E-state index contributed by atoms with van der Waals surface area (Å²) in [6, 6.07) is 9.23. The summed E-state index contributed by atoms with van der Waals surface area (Å²) in [4.78, 5) is 28.2. The van der Waals surface area contributed by atoms with Gasteiger partial charge in [0.2, 0.25) is 5.91 Å². The monoisotopic (exact) mass is 476 g/mol. The summed E-state index contributed by atoms with van der Waals surface area (Å²) in [7, 11) is 0. The van der Waals surface area contributed by atoms with E-state index in [1.807, 2.05) is 11.0 Å². The molecule has 7 unspecified atom stereocenters. The lowest BCUT2D eigenvalue weighted by molar-refractivity contribution is -0.129. The summed E-state index contributed by atoms with van der Waals surface area (Å²) in [5.74, 6) is 3.27. The SMILES string of the molecule is CC(=O)N1CCN(c2ccc(C3CC4(C)C(O)CCC4C4CCC5=CC(=O)CCC5C34)cc2)CC1. The summed E-state index contributed by atoms with van der Waals surface area (Å²) in [5.41, 5.74) is 4.05. The number of rotatable bonds is 2. The van der Waals surface area contributed by atoms with E-state index in [1.54, 1.807) is 6.92 Å². The highest BCUT2D eigenvalue weighted by Gasteiger charge is 2.59. The van der Waals surface area contributed by atoms with Gasteiger partial charge in [0.25, 0.3) is 0 Å². The van der Waals surface area contributed by atoms with Crippen LogP contribution in [0.25, 0.3) is 0 Å². The fourth-order valence-electron chi connectivity index (χ4n) is 8.84. The van der Waals surface area contributed by atoms with Crippen LogP contribution in [0.5, 0.6) is 0 Å². The zero-order valence-electron chi connectivity index (χ0n) is 21.3. The smallest absolute Gasteiger partial charge is 0.219 e. The molecule has 0 bridgehead atoms. The molecule has 35 heavy (non-hydrogen) atoms. The molecule has 1 heterocycles. The van der Waals surface area contributed by atoms with Gasteiger partial charge in [0.05, 0.1) is 6.10 Å². The van der Waals surface area contributed by atoms with E-state index in [0.29, 0.717) is 41.8 Å². The molecule has 1 amide bonds. The number of piperazine rings is 1. The van der Waals surface area contributed by atoms with Gasteiger partial charge in [-0.15, -0.1) is 0 Å². The van der Waals surface area contributed by atoms with Gasteiger partial charge < -0.3 is 14.9 Å². The number of anilines is 1. The molecule has 1 N–H and O–H groups in total. The standard InChI is InChI=1S/C30H40N2O3/c1-19(33)31-13-15-32(16-14-31)22-6-3-20(4-7-22)26-18-30(2)27(11-12-28(30)35)25-9-5-21-17-23(34)8-10-24(21)29(25)26/h3-4,6-7,17,24-29,35H,5,8-16,18H2,1-2H3. The molecule has 0 aromatic heterocycles. The van der Waals surface area contributed by atoms with E-state index in [9.17, 15) is 14.7 Å². The highest BCUT2D eigenvalue weighted by atomic mass is 16.3. The van der Waals surface area contributed by atoms with E-state index in [1.165, 1.54) is 23.2 Å². The van der Waals surface area contributed by atoms with Crippen LogP contribution in [-0.2, 0) is 9.59 Å². The summed E-state index contributed by atoms with van der Waals surface area (Å²) in [5, 5.41) is 11.1. The Bertz CT molecular complexity index is 1020. The van der Waals surface area contributed by atoms with E-state index >= 15 is 0 Å². The van der Waals surface area contributed by atoms with Crippen LogP contribution in [0.1, 0.15) is 70.3 Å². The number of nitrogens with zero attached hydrogens (tertiary/aromatic N) is 2. The number of aliphatic hydroxyl groups excluding tert-OH is 1. The van der Waals surface area contributed by atoms with E-state index in [0.717, 1.165) is 58.3 Å². The highest BCUT2D eigenvalue weighted by Crippen LogP contribution is 2.65. The van der Waals surface area contributed by atoms with Gasteiger partial charge in [0, 0.05) is 45.2 Å². The van der Waals surface area contributed by atoms with Crippen molar-refractivity contribution in [2.75, 3.05) is 31.1 Å². The van der Waals surface area contributed by atoms with Crippen molar-refractivity contribution in [1.29, 1.82) is 0 Å². The van der Waals surface area contributed by atoms with Crippen LogP contribution < -0.4 is 4.90 Å². The number of allylic oxidation sites excluding steroid dienone is 1. The summed E-state index contributed by atoms with van der Waals surface area (Å²) >= 11 is 0. The van der Waals surface area contributed by atoms with Crippen molar-refractivity contribution in [3.63, 3.8) is 0 Å². The van der Waals surface area contributed by atoms with Gasteiger partial charge in [-0.3, -0.25) is 9.59 Å². The molecular weight excluding hydrogens is 436 g/mol. The zero-order valence-corrected chi connectivity index (χ0v) is 21.3. The Morgan fingerprint density at radius 1 is 0.971 bits per heavy atom. The predicted octanol–water partition coefficient (Wildman–Crippen LogP) is 4.55. The van der Waals surface area contributed by atoms with Crippen LogP contribution in [0.3, 0.4) is 0 Å². The minimum atomic E-state index is -0.197.